The molecule has 1 aromatic rings. The molecule has 0 bridgehead atoms. The van der Waals surface area contributed by atoms with Gasteiger partial charge < -0.3 is 9.90 Å². The molecule has 0 saturated carbocycles. The summed E-state index contributed by atoms with van der Waals surface area (Å²) >= 11 is 1.29. The highest BCUT2D eigenvalue weighted by atomic mass is 32.2. The molecule has 3 heteroatoms. The smallest absolute Gasteiger partial charge is 0.0545 e. The third-order valence-electron chi connectivity index (χ3n) is 1.39. The van der Waals surface area contributed by atoms with Crippen LogP contribution in [0, 0.1) is 0 Å². The molecule has 0 aliphatic carbocycles. The predicted octanol–water partition coefficient (Wildman–Crippen LogP) is 0.917. The Labute approximate surface area is 75.6 Å². The summed E-state index contributed by atoms with van der Waals surface area (Å²) in [5.74, 6) is -1.02. The van der Waals surface area contributed by atoms with Gasteiger partial charge in [0, 0.05) is 10.1 Å². The SMILES string of the molecule is C[C@@H](Sc1ccccc1)C(=O)[O-]. The van der Waals surface area contributed by atoms with Gasteiger partial charge in [-0.25, -0.2) is 0 Å². The van der Waals surface area contributed by atoms with Gasteiger partial charge in [0.1, 0.15) is 0 Å². The van der Waals surface area contributed by atoms with Gasteiger partial charge in [0.2, 0.25) is 0 Å². The molecule has 1 rings (SSSR count). The number of hydrogen-bond acceptors (Lipinski definition) is 3. The maximum atomic E-state index is 10.4. The molecule has 0 aliphatic heterocycles. The maximum absolute atomic E-state index is 10.4. The second kappa shape index (κ2) is 4.16. The van der Waals surface area contributed by atoms with Crippen LogP contribution in [-0.2, 0) is 4.79 Å². The lowest BCUT2D eigenvalue weighted by Gasteiger charge is -2.11. The predicted molar refractivity (Wildman–Crippen MR) is 46.8 cm³/mol. The summed E-state index contributed by atoms with van der Waals surface area (Å²) in [4.78, 5) is 11.3. The minimum Gasteiger partial charge on any atom is -0.549 e. The number of benzene rings is 1. The zero-order valence-corrected chi connectivity index (χ0v) is 7.51. The third kappa shape index (κ3) is 2.58. The van der Waals surface area contributed by atoms with Crippen LogP contribution in [0.5, 0.6) is 0 Å². The molecular formula is C9H9O2S-. The lowest BCUT2D eigenvalue weighted by Crippen LogP contribution is -2.31. The van der Waals surface area contributed by atoms with Crippen molar-refractivity contribution in [3.8, 4) is 0 Å². The van der Waals surface area contributed by atoms with Crippen LogP contribution in [0.25, 0.3) is 0 Å². The molecule has 0 unspecified atom stereocenters. The highest BCUT2D eigenvalue weighted by Gasteiger charge is 2.03. The van der Waals surface area contributed by atoms with Crippen LogP contribution < -0.4 is 5.11 Å². The van der Waals surface area contributed by atoms with Gasteiger partial charge >= 0.3 is 0 Å². The van der Waals surface area contributed by atoms with E-state index < -0.39 is 11.2 Å². The molecule has 0 spiro atoms. The first-order chi connectivity index (χ1) is 5.70. The van der Waals surface area contributed by atoms with Crippen molar-refractivity contribution in [1.82, 2.24) is 0 Å². The summed E-state index contributed by atoms with van der Waals surface area (Å²) in [6.45, 7) is 1.62. The maximum Gasteiger partial charge on any atom is 0.0545 e. The number of carbonyl (C=O) groups is 1. The van der Waals surface area contributed by atoms with E-state index in [1.165, 1.54) is 11.8 Å². The van der Waals surface area contributed by atoms with Gasteiger partial charge in [-0.1, -0.05) is 18.2 Å². The van der Waals surface area contributed by atoms with E-state index in [1.807, 2.05) is 30.3 Å². The van der Waals surface area contributed by atoms with Gasteiger partial charge in [-0.2, -0.15) is 0 Å². The zero-order valence-electron chi connectivity index (χ0n) is 6.69. The van der Waals surface area contributed by atoms with Crippen molar-refractivity contribution in [1.29, 1.82) is 0 Å². The van der Waals surface area contributed by atoms with Crippen LogP contribution in [0.1, 0.15) is 6.92 Å². The second-order valence-electron chi connectivity index (χ2n) is 2.39. The Morgan fingerprint density at radius 2 is 2.00 bits per heavy atom. The normalized spacial score (nSPS) is 12.4. The molecule has 0 N–H and O–H groups in total. The monoisotopic (exact) mass is 181 g/mol. The van der Waals surface area contributed by atoms with Crippen LogP contribution in [0.15, 0.2) is 35.2 Å². The van der Waals surface area contributed by atoms with E-state index in [2.05, 4.69) is 0 Å². The van der Waals surface area contributed by atoms with E-state index in [0.29, 0.717) is 0 Å². The molecule has 64 valence electrons. The average molecular weight is 181 g/mol. The fraction of sp³-hybridized carbons (Fsp3) is 0.222. The lowest BCUT2D eigenvalue weighted by molar-refractivity contribution is -0.304. The standard InChI is InChI=1S/C9H10O2S/c1-7(9(10)11)12-8-5-3-2-4-6-8/h2-7H,1H3,(H,10,11)/p-1/t7-/m1/s1. The van der Waals surface area contributed by atoms with Crippen LogP contribution in [0.2, 0.25) is 0 Å². The summed E-state index contributed by atoms with van der Waals surface area (Å²) in [5, 5.41) is 9.88. The van der Waals surface area contributed by atoms with E-state index in [4.69, 9.17) is 0 Å². The molecule has 0 aliphatic rings. The van der Waals surface area contributed by atoms with E-state index in [0.717, 1.165) is 4.90 Å². The summed E-state index contributed by atoms with van der Waals surface area (Å²) in [5.41, 5.74) is 0. The molecular weight excluding hydrogens is 172 g/mol. The van der Waals surface area contributed by atoms with Gasteiger partial charge in [-0.15, -0.1) is 11.8 Å². The van der Waals surface area contributed by atoms with E-state index >= 15 is 0 Å². The highest BCUT2D eigenvalue weighted by molar-refractivity contribution is 8.00. The van der Waals surface area contributed by atoms with Gasteiger partial charge in [0.25, 0.3) is 0 Å². The molecule has 1 aromatic carbocycles. The molecule has 0 heterocycles. The molecule has 0 amide bonds. The fourth-order valence-electron chi connectivity index (χ4n) is 0.751. The highest BCUT2D eigenvalue weighted by Crippen LogP contribution is 2.21. The molecule has 0 aromatic heterocycles. The Balaban J connectivity index is 2.58. The van der Waals surface area contributed by atoms with Gasteiger partial charge in [0.15, 0.2) is 0 Å². The fourth-order valence-corrected chi connectivity index (χ4v) is 1.57. The first kappa shape index (κ1) is 9.13. The molecule has 0 fully saturated rings. The quantitative estimate of drug-likeness (QED) is 0.651. The van der Waals surface area contributed by atoms with E-state index in [-0.39, 0.29) is 0 Å². The van der Waals surface area contributed by atoms with Crippen molar-refractivity contribution in [2.75, 3.05) is 0 Å². The van der Waals surface area contributed by atoms with Gasteiger partial charge in [-0.05, 0) is 19.1 Å². The van der Waals surface area contributed by atoms with E-state index in [9.17, 15) is 9.90 Å². The number of hydrogen-bond donors (Lipinski definition) is 0. The second-order valence-corrected chi connectivity index (χ2v) is 3.81. The topological polar surface area (TPSA) is 40.1 Å². The lowest BCUT2D eigenvalue weighted by atomic mass is 10.4. The van der Waals surface area contributed by atoms with Crippen LogP contribution in [0.4, 0.5) is 0 Å². The molecule has 0 saturated heterocycles. The summed E-state index contributed by atoms with van der Waals surface area (Å²) in [7, 11) is 0. The van der Waals surface area contributed by atoms with Crippen molar-refractivity contribution >= 4 is 17.7 Å². The van der Waals surface area contributed by atoms with Gasteiger partial charge in [0.05, 0.1) is 5.97 Å². The molecule has 2 nitrogen and oxygen atoms in total. The number of carboxylic acid groups (broad SMARTS) is 1. The number of carboxylic acids is 1. The Kier molecular flexibility index (Phi) is 3.17. The summed E-state index contributed by atoms with van der Waals surface area (Å²) < 4.78 is 0. The van der Waals surface area contributed by atoms with Crippen LogP contribution in [-0.4, -0.2) is 11.2 Å². The Bertz CT molecular complexity index is 258. The molecule has 0 radical (unpaired) electrons. The van der Waals surface area contributed by atoms with Crippen LogP contribution >= 0.6 is 11.8 Å². The van der Waals surface area contributed by atoms with Crippen molar-refractivity contribution in [3.05, 3.63) is 30.3 Å². The summed E-state index contributed by atoms with van der Waals surface area (Å²) in [6, 6.07) is 9.41. The van der Waals surface area contributed by atoms with Crippen molar-refractivity contribution in [3.63, 3.8) is 0 Å². The number of aliphatic carboxylic acids is 1. The summed E-state index contributed by atoms with van der Waals surface area (Å²) in [6.07, 6.45) is 0. The van der Waals surface area contributed by atoms with E-state index in [1.54, 1.807) is 6.92 Å². The minimum atomic E-state index is -1.02. The minimum absolute atomic E-state index is 0.493. The third-order valence-corrected chi connectivity index (χ3v) is 2.48. The first-order valence-corrected chi connectivity index (χ1v) is 4.50. The Morgan fingerprint density at radius 1 is 1.42 bits per heavy atom. The number of rotatable bonds is 3. The zero-order chi connectivity index (χ0) is 8.97. The van der Waals surface area contributed by atoms with Gasteiger partial charge in [-0.3, -0.25) is 0 Å². The number of carbonyl (C=O) groups excluding carboxylic acids is 1. The first-order valence-electron chi connectivity index (χ1n) is 3.62. The van der Waals surface area contributed by atoms with Crippen molar-refractivity contribution < 1.29 is 9.90 Å². The average Bonchev–Trinajstić information content (AvgIpc) is 2.06. The van der Waals surface area contributed by atoms with Crippen molar-refractivity contribution in [2.45, 2.75) is 17.1 Å². The molecule has 1 atom stereocenters. The van der Waals surface area contributed by atoms with Crippen LogP contribution in [0.3, 0.4) is 0 Å². The Hall–Kier alpha value is -0.960. The Morgan fingerprint density at radius 3 is 2.50 bits per heavy atom. The van der Waals surface area contributed by atoms with Crippen molar-refractivity contribution in [2.24, 2.45) is 0 Å². The molecule has 12 heavy (non-hydrogen) atoms. The number of thioether (sulfide) groups is 1. The largest absolute Gasteiger partial charge is 0.549 e.